The van der Waals surface area contributed by atoms with Gasteiger partial charge in [0.15, 0.2) is 0 Å². The van der Waals surface area contributed by atoms with Crippen LogP contribution >= 0.6 is 11.8 Å². The van der Waals surface area contributed by atoms with Gasteiger partial charge < -0.3 is 5.32 Å². The van der Waals surface area contributed by atoms with E-state index in [2.05, 4.69) is 5.32 Å². The number of amides is 3. The van der Waals surface area contributed by atoms with Gasteiger partial charge in [0.1, 0.15) is 12.4 Å². The SMILES string of the molecule is CCc1cccc(C)c1NC(=O)CN1C(=O)C2(SCC(=O)N2c2ccc(F)cc2)c2ccccc21. The van der Waals surface area contributed by atoms with Crippen LogP contribution in [0.15, 0.2) is 66.7 Å². The first-order valence-corrected chi connectivity index (χ1v) is 12.4. The van der Waals surface area contributed by atoms with Gasteiger partial charge in [-0.15, -0.1) is 11.8 Å². The largest absolute Gasteiger partial charge is 0.324 e. The van der Waals surface area contributed by atoms with E-state index in [1.807, 2.05) is 44.2 Å². The summed E-state index contributed by atoms with van der Waals surface area (Å²) >= 11 is 1.22. The molecule has 0 saturated carbocycles. The lowest BCUT2D eigenvalue weighted by Gasteiger charge is -2.33. The topological polar surface area (TPSA) is 69.7 Å². The molecular formula is C27H24FN3O3S. The highest BCUT2D eigenvalue weighted by Gasteiger charge is 2.61. The van der Waals surface area contributed by atoms with Crippen LogP contribution in [0.3, 0.4) is 0 Å². The molecule has 1 saturated heterocycles. The second kappa shape index (κ2) is 8.85. The molecule has 1 N–H and O–H groups in total. The van der Waals surface area contributed by atoms with Crippen molar-refractivity contribution in [2.45, 2.75) is 25.1 Å². The third-order valence-corrected chi connectivity index (χ3v) is 7.84. The van der Waals surface area contributed by atoms with E-state index >= 15 is 0 Å². The lowest BCUT2D eigenvalue weighted by Crippen LogP contribution is -2.50. The third-order valence-electron chi connectivity index (χ3n) is 6.45. The van der Waals surface area contributed by atoms with E-state index in [4.69, 9.17) is 0 Å². The van der Waals surface area contributed by atoms with E-state index in [1.54, 1.807) is 12.1 Å². The highest BCUT2D eigenvalue weighted by atomic mass is 32.2. The molecule has 2 heterocycles. The quantitative estimate of drug-likeness (QED) is 0.568. The molecule has 6 nitrogen and oxygen atoms in total. The summed E-state index contributed by atoms with van der Waals surface area (Å²) in [6.07, 6.45) is 0.761. The zero-order valence-electron chi connectivity index (χ0n) is 19.4. The van der Waals surface area contributed by atoms with E-state index in [0.717, 1.165) is 23.2 Å². The molecule has 35 heavy (non-hydrogen) atoms. The number of aryl methyl sites for hydroxylation is 2. The van der Waals surface area contributed by atoms with Gasteiger partial charge in [0, 0.05) is 16.9 Å². The highest BCUT2D eigenvalue weighted by Crippen LogP contribution is 2.55. The van der Waals surface area contributed by atoms with Crippen molar-refractivity contribution in [2.24, 2.45) is 0 Å². The number of fused-ring (bicyclic) bond motifs is 2. The Morgan fingerprint density at radius 3 is 2.54 bits per heavy atom. The van der Waals surface area contributed by atoms with Crippen molar-refractivity contribution >= 4 is 46.5 Å². The Hall–Kier alpha value is -3.65. The first-order valence-electron chi connectivity index (χ1n) is 11.4. The molecule has 3 aromatic rings. The fourth-order valence-electron chi connectivity index (χ4n) is 4.83. The Labute approximate surface area is 207 Å². The number of benzene rings is 3. The van der Waals surface area contributed by atoms with Crippen LogP contribution in [0.4, 0.5) is 21.5 Å². The van der Waals surface area contributed by atoms with Crippen LogP contribution in [0.25, 0.3) is 0 Å². The zero-order valence-corrected chi connectivity index (χ0v) is 20.2. The van der Waals surface area contributed by atoms with Gasteiger partial charge in [-0.1, -0.05) is 43.3 Å². The first kappa shape index (κ1) is 23.1. The van der Waals surface area contributed by atoms with E-state index in [0.29, 0.717) is 16.9 Å². The Kier molecular flexibility index (Phi) is 5.84. The van der Waals surface area contributed by atoms with Crippen LogP contribution in [-0.4, -0.2) is 30.0 Å². The van der Waals surface area contributed by atoms with Crippen LogP contribution in [0.1, 0.15) is 23.6 Å². The minimum Gasteiger partial charge on any atom is -0.324 e. The normalized spacial score (nSPS) is 18.9. The minimum absolute atomic E-state index is 0.0978. The molecule has 3 amide bonds. The zero-order chi connectivity index (χ0) is 24.7. The van der Waals surface area contributed by atoms with Crippen LogP contribution in [-0.2, 0) is 25.7 Å². The monoisotopic (exact) mass is 489 g/mol. The van der Waals surface area contributed by atoms with E-state index < -0.39 is 10.7 Å². The molecule has 3 aromatic carbocycles. The summed E-state index contributed by atoms with van der Waals surface area (Å²) in [6, 6.07) is 18.6. The number of nitrogens with one attached hydrogen (secondary N) is 1. The van der Waals surface area contributed by atoms with E-state index in [-0.39, 0.29) is 30.0 Å². The number of hydrogen-bond acceptors (Lipinski definition) is 4. The van der Waals surface area contributed by atoms with Gasteiger partial charge in [-0.05, 0) is 54.8 Å². The molecule has 5 rings (SSSR count). The Bertz CT molecular complexity index is 1340. The maximum Gasteiger partial charge on any atom is 0.269 e. The number of carbonyl (C=O) groups is 3. The summed E-state index contributed by atoms with van der Waals surface area (Å²) in [5.41, 5.74) is 4.38. The van der Waals surface area contributed by atoms with Crippen LogP contribution in [0.2, 0.25) is 0 Å². The number of anilines is 3. The molecule has 8 heteroatoms. The summed E-state index contributed by atoms with van der Waals surface area (Å²) in [7, 11) is 0. The maximum absolute atomic E-state index is 14.0. The molecule has 2 aliphatic heterocycles. The average molecular weight is 490 g/mol. The Morgan fingerprint density at radius 1 is 1.06 bits per heavy atom. The predicted molar refractivity (Wildman–Crippen MR) is 136 cm³/mol. The second-order valence-corrected chi connectivity index (χ2v) is 9.73. The van der Waals surface area contributed by atoms with Gasteiger partial charge in [-0.3, -0.25) is 24.2 Å². The number of nitrogens with zero attached hydrogens (tertiary/aromatic N) is 2. The van der Waals surface area contributed by atoms with Crippen LogP contribution in [0.5, 0.6) is 0 Å². The lowest BCUT2D eigenvalue weighted by molar-refractivity contribution is -0.124. The van der Waals surface area contributed by atoms with Gasteiger partial charge in [0.25, 0.3) is 5.91 Å². The molecule has 0 radical (unpaired) electrons. The summed E-state index contributed by atoms with van der Waals surface area (Å²) in [5.74, 6) is -1.27. The van der Waals surface area contributed by atoms with Crippen molar-refractivity contribution in [3.63, 3.8) is 0 Å². The van der Waals surface area contributed by atoms with Crippen molar-refractivity contribution in [3.8, 4) is 0 Å². The molecule has 0 bridgehead atoms. The van der Waals surface area contributed by atoms with Crippen LogP contribution < -0.4 is 15.1 Å². The molecule has 1 spiro atoms. The standard InChI is InChI=1S/C27H24FN3O3S/c1-3-18-8-6-7-17(2)25(18)29-23(32)15-30-22-10-5-4-9-21(22)27(26(30)34)31(24(33)16-35-27)20-13-11-19(28)12-14-20/h4-14H,3,15-16H2,1-2H3,(H,29,32). The number of thioether (sulfide) groups is 1. The number of halogens is 1. The number of rotatable bonds is 5. The fraction of sp³-hybridized carbons (Fsp3) is 0.222. The highest BCUT2D eigenvalue weighted by molar-refractivity contribution is 8.02. The summed E-state index contributed by atoms with van der Waals surface area (Å²) in [4.78, 5) is 41.7. The molecule has 0 aromatic heterocycles. The van der Waals surface area contributed by atoms with Gasteiger partial charge in [-0.2, -0.15) is 0 Å². The third kappa shape index (κ3) is 3.69. The second-order valence-electron chi connectivity index (χ2n) is 8.56. The fourth-order valence-corrected chi connectivity index (χ4v) is 6.19. The number of carbonyl (C=O) groups excluding carboxylic acids is 3. The predicted octanol–water partition coefficient (Wildman–Crippen LogP) is 4.61. The molecule has 1 atom stereocenters. The molecule has 178 valence electrons. The van der Waals surface area contributed by atoms with Gasteiger partial charge in [0.2, 0.25) is 16.7 Å². The molecule has 1 unspecified atom stereocenters. The minimum atomic E-state index is -1.34. The molecule has 0 aliphatic carbocycles. The summed E-state index contributed by atoms with van der Waals surface area (Å²) in [6.45, 7) is 3.76. The Balaban J connectivity index is 1.51. The summed E-state index contributed by atoms with van der Waals surface area (Å²) < 4.78 is 13.6. The van der Waals surface area contributed by atoms with Crippen molar-refractivity contribution in [3.05, 3.63) is 89.2 Å². The van der Waals surface area contributed by atoms with E-state index in [9.17, 15) is 18.8 Å². The average Bonchev–Trinajstić information content (AvgIpc) is 3.32. The van der Waals surface area contributed by atoms with Crippen molar-refractivity contribution in [1.29, 1.82) is 0 Å². The van der Waals surface area contributed by atoms with Crippen molar-refractivity contribution < 1.29 is 18.8 Å². The van der Waals surface area contributed by atoms with Gasteiger partial charge in [0.05, 0.1) is 11.4 Å². The molecule has 1 fully saturated rings. The number of hydrogen-bond donors (Lipinski definition) is 1. The molecule has 2 aliphatic rings. The van der Waals surface area contributed by atoms with Crippen molar-refractivity contribution in [2.75, 3.05) is 27.4 Å². The van der Waals surface area contributed by atoms with Crippen molar-refractivity contribution in [1.82, 2.24) is 0 Å². The lowest BCUT2D eigenvalue weighted by atomic mass is 10.0. The van der Waals surface area contributed by atoms with E-state index in [1.165, 1.54) is 45.8 Å². The maximum atomic E-state index is 14.0. The van der Waals surface area contributed by atoms with Gasteiger partial charge in [-0.25, -0.2) is 4.39 Å². The smallest absolute Gasteiger partial charge is 0.269 e. The Morgan fingerprint density at radius 2 is 1.80 bits per heavy atom. The number of para-hydroxylation sites is 2. The summed E-state index contributed by atoms with van der Waals surface area (Å²) in [5, 5.41) is 2.98. The van der Waals surface area contributed by atoms with Gasteiger partial charge >= 0.3 is 0 Å². The first-order chi connectivity index (χ1) is 16.9. The van der Waals surface area contributed by atoms with Crippen LogP contribution in [0, 0.1) is 12.7 Å². The molecular weight excluding hydrogens is 465 g/mol.